The van der Waals surface area contributed by atoms with Gasteiger partial charge in [0.2, 0.25) is 0 Å². The van der Waals surface area contributed by atoms with Crippen LogP contribution in [0.2, 0.25) is 10.0 Å². The fourth-order valence-corrected chi connectivity index (χ4v) is 2.12. The third-order valence-electron chi connectivity index (χ3n) is 2.62. The Morgan fingerprint density at radius 2 is 1.80 bits per heavy atom. The molecule has 2 rings (SSSR count). The molecule has 2 aromatic carbocycles. The highest BCUT2D eigenvalue weighted by atomic mass is 35.5. The smallest absolute Gasteiger partial charge is 0.341 e. The van der Waals surface area contributed by atoms with Crippen molar-refractivity contribution in [1.82, 2.24) is 0 Å². The van der Waals surface area contributed by atoms with E-state index >= 15 is 0 Å². The van der Waals surface area contributed by atoms with Gasteiger partial charge >= 0.3 is 5.97 Å². The van der Waals surface area contributed by atoms with Crippen LogP contribution in [0.4, 0.5) is 4.39 Å². The van der Waals surface area contributed by atoms with Crippen molar-refractivity contribution in [2.24, 2.45) is 0 Å². The first kappa shape index (κ1) is 14.6. The molecule has 0 spiro atoms. The third kappa shape index (κ3) is 3.03. The van der Waals surface area contributed by atoms with Gasteiger partial charge in [0.05, 0.1) is 10.0 Å². The molecule has 0 unspecified atom stereocenters. The highest BCUT2D eigenvalue weighted by molar-refractivity contribution is 6.33. The normalized spacial score (nSPS) is 10.3. The van der Waals surface area contributed by atoms with Crippen molar-refractivity contribution in [3.63, 3.8) is 0 Å². The predicted octanol–water partition coefficient (Wildman–Crippen LogP) is 4.41. The molecule has 0 radical (unpaired) electrons. The van der Waals surface area contributed by atoms with E-state index in [1.54, 1.807) is 6.07 Å². The molecule has 0 heterocycles. The lowest BCUT2D eigenvalue weighted by Gasteiger charge is -2.11. The van der Waals surface area contributed by atoms with Gasteiger partial charge in [0.1, 0.15) is 23.7 Å². The molecule has 1 N–H and O–H groups in total. The number of ether oxygens (including phenoxy) is 1. The van der Waals surface area contributed by atoms with Crippen molar-refractivity contribution >= 4 is 29.2 Å². The zero-order chi connectivity index (χ0) is 14.7. The van der Waals surface area contributed by atoms with Gasteiger partial charge in [-0.2, -0.15) is 0 Å². The van der Waals surface area contributed by atoms with Crippen LogP contribution >= 0.6 is 23.2 Å². The molecule has 0 aliphatic heterocycles. The molecular formula is C14H9Cl2FO3. The van der Waals surface area contributed by atoms with E-state index in [2.05, 4.69) is 0 Å². The molecule has 20 heavy (non-hydrogen) atoms. The molecule has 0 fully saturated rings. The van der Waals surface area contributed by atoms with E-state index in [1.165, 1.54) is 30.3 Å². The Hall–Kier alpha value is -1.78. The van der Waals surface area contributed by atoms with Gasteiger partial charge in [0.15, 0.2) is 0 Å². The van der Waals surface area contributed by atoms with Crippen molar-refractivity contribution in [2.45, 2.75) is 6.61 Å². The molecule has 0 aromatic heterocycles. The van der Waals surface area contributed by atoms with E-state index < -0.39 is 11.8 Å². The number of rotatable bonds is 4. The molecule has 0 aliphatic rings. The summed E-state index contributed by atoms with van der Waals surface area (Å²) in [7, 11) is 0. The number of halogens is 3. The molecule has 3 nitrogen and oxygen atoms in total. The average Bonchev–Trinajstić information content (AvgIpc) is 2.37. The van der Waals surface area contributed by atoms with Crippen LogP contribution in [-0.4, -0.2) is 11.1 Å². The van der Waals surface area contributed by atoms with Crippen LogP contribution in [0.25, 0.3) is 0 Å². The summed E-state index contributed by atoms with van der Waals surface area (Å²) >= 11 is 11.7. The highest BCUT2D eigenvalue weighted by Crippen LogP contribution is 2.28. The fourth-order valence-electron chi connectivity index (χ4n) is 1.65. The molecule has 0 bridgehead atoms. The lowest BCUT2D eigenvalue weighted by Crippen LogP contribution is -2.05. The summed E-state index contributed by atoms with van der Waals surface area (Å²) in [5.41, 5.74) is -0.00731. The number of carboxylic acid groups (broad SMARTS) is 1. The maximum absolute atomic E-state index is 13.6. The van der Waals surface area contributed by atoms with E-state index in [9.17, 15) is 9.18 Å². The average molecular weight is 315 g/mol. The largest absolute Gasteiger partial charge is 0.488 e. The van der Waals surface area contributed by atoms with Crippen molar-refractivity contribution in [3.05, 3.63) is 63.4 Å². The van der Waals surface area contributed by atoms with Crippen molar-refractivity contribution in [1.29, 1.82) is 0 Å². The van der Waals surface area contributed by atoms with Gasteiger partial charge in [-0.1, -0.05) is 35.3 Å². The second-order valence-electron chi connectivity index (χ2n) is 3.91. The molecular weight excluding hydrogens is 306 g/mol. The number of carbonyl (C=O) groups is 1. The number of aromatic carboxylic acids is 1. The van der Waals surface area contributed by atoms with Crippen molar-refractivity contribution in [3.8, 4) is 5.75 Å². The van der Waals surface area contributed by atoms with E-state index in [-0.39, 0.29) is 33.5 Å². The summed E-state index contributed by atoms with van der Waals surface area (Å²) in [6.45, 7) is -0.188. The van der Waals surface area contributed by atoms with Crippen molar-refractivity contribution in [2.75, 3.05) is 0 Å². The number of hydrogen-bond donors (Lipinski definition) is 1. The van der Waals surface area contributed by atoms with E-state index in [1.807, 2.05) is 0 Å². The predicted molar refractivity (Wildman–Crippen MR) is 74.2 cm³/mol. The van der Waals surface area contributed by atoms with Crippen LogP contribution in [-0.2, 0) is 6.61 Å². The zero-order valence-corrected chi connectivity index (χ0v) is 11.6. The minimum absolute atomic E-state index is 0.0506. The van der Waals surface area contributed by atoms with Gasteiger partial charge in [0.25, 0.3) is 0 Å². The summed E-state index contributed by atoms with van der Waals surface area (Å²) in [6.07, 6.45) is 0. The van der Waals surface area contributed by atoms with Gasteiger partial charge in [0, 0.05) is 5.56 Å². The van der Waals surface area contributed by atoms with Crippen LogP contribution in [0.15, 0.2) is 36.4 Å². The first-order chi connectivity index (χ1) is 9.50. The second-order valence-corrected chi connectivity index (χ2v) is 4.72. The highest BCUT2D eigenvalue weighted by Gasteiger charge is 2.16. The quantitative estimate of drug-likeness (QED) is 0.909. The fraction of sp³-hybridized carbons (Fsp3) is 0.0714. The van der Waals surface area contributed by atoms with E-state index in [0.29, 0.717) is 0 Å². The molecule has 6 heteroatoms. The van der Waals surface area contributed by atoms with Crippen LogP contribution in [0, 0.1) is 5.82 Å². The summed E-state index contributed by atoms with van der Waals surface area (Å²) in [5, 5.41) is 9.35. The third-order valence-corrected chi connectivity index (χ3v) is 3.29. The molecule has 0 aliphatic carbocycles. The minimum atomic E-state index is -1.22. The van der Waals surface area contributed by atoms with E-state index in [4.69, 9.17) is 33.0 Å². The molecule has 0 saturated heterocycles. The second kappa shape index (κ2) is 6.11. The SMILES string of the molecule is O=C(O)c1c(Cl)cccc1OCc1c(F)cccc1Cl. The summed E-state index contributed by atoms with van der Waals surface area (Å²) in [6, 6.07) is 8.69. The van der Waals surface area contributed by atoms with Crippen LogP contribution in [0.5, 0.6) is 5.75 Å². The zero-order valence-electron chi connectivity index (χ0n) is 10.1. The summed E-state index contributed by atoms with van der Waals surface area (Å²) in [5.74, 6) is -1.68. The first-order valence-electron chi connectivity index (χ1n) is 5.58. The molecule has 104 valence electrons. The molecule has 0 amide bonds. The Balaban J connectivity index is 2.28. The molecule has 0 atom stereocenters. The Morgan fingerprint density at radius 1 is 1.15 bits per heavy atom. The molecule has 0 saturated carbocycles. The summed E-state index contributed by atoms with van der Waals surface area (Å²) in [4.78, 5) is 11.1. The van der Waals surface area contributed by atoms with Gasteiger partial charge in [-0.15, -0.1) is 0 Å². The maximum Gasteiger partial charge on any atom is 0.341 e. The summed E-state index contributed by atoms with van der Waals surface area (Å²) < 4.78 is 18.9. The lowest BCUT2D eigenvalue weighted by molar-refractivity contribution is 0.0692. The Bertz CT molecular complexity index is 639. The van der Waals surface area contributed by atoms with Gasteiger partial charge in [-0.25, -0.2) is 9.18 Å². The number of carboxylic acids is 1. The standard InChI is InChI=1S/C14H9Cl2FO3/c15-9-3-1-5-11(17)8(9)7-20-12-6-2-4-10(16)13(12)14(18)19/h1-6H,7H2,(H,18,19). The van der Waals surface area contributed by atoms with Crippen molar-refractivity contribution < 1.29 is 19.0 Å². The van der Waals surface area contributed by atoms with Crippen LogP contribution in [0.1, 0.15) is 15.9 Å². The van der Waals surface area contributed by atoms with Crippen LogP contribution < -0.4 is 4.74 Å². The van der Waals surface area contributed by atoms with Gasteiger partial charge in [-0.05, 0) is 24.3 Å². The van der Waals surface area contributed by atoms with Gasteiger partial charge in [-0.3, -0.25) is 0 Å². The van der Waals surface area contributed by atoms with E-state index in [0.717, 1.165) is 0 Å². The van der Waals surface area contributed by atoms with Gasteiger partial charge < -0.3 is 9.84 Å². The molecule has 2 aromatic rings. The Kier molecular flexibility index (Phi) is 4.47. The Labute approximate surface area is 124 Å². The topological polar surface area (TPSA) is 46.5 Å². The minimum Gasteiger partial charge on any atom is -0.488 e. The number of benzene rings is 2. The number of hydrogen-bond acceptors (Lipinski definition) is 2. The first-order valence-corrected chi connectivity index (χ1v) is 6.33. The lowest BCUT2D eigenvalue weighted by atomic mass is 10.2. The Morgan fingerprint density at radius 3 is 2.45 bits per heavy atom. The monoisotopic (exact) mass is 314 g/mol. The maximum atomic E-state index is 13.6. The van der Waals surface area contributed by atoms with Crippen LogP contribution in [0.3, 0.4) is 0 Å².